The van der Waals surface area contributed by atoms with E-state index in [1.807, 2.05) is 0 Å². The molecule has 0 aliphatic rings. The Morgan fingerprint density at radius 1 is 1.31 bits per heavy atom. The van der Waals surface area contributed by atoms with Crippen LogP contribution >= 0.6 is 0 Å². The number of hydrogen-bond donors (Lipinski definition) is 0. The topological polar surface area (TPSA) is 26.3 Å². The molecular formula is C8H13F3O2. The van der Waals surface area contributed by atoms with Crippen LogP contribution < -0.4 is 0 Å². The van der Waals surface area contributed by atoms with Crippen LogP contribution in [0.15, 0.2) is 0 Å². The molecular weight excluding hydrogens is 185 g/mol. The van der Waals surface area contributed by atoms with E-state index >= 15 is 0 Å². The molecule has 0 aromatic carbocycles. The first-order chi connectivity index (χ1) is 5.95. The average Bonchev–Trinajstić information content (AvgIpc) is 1.97. The number of halogens is 3. The van der Waals surface area contributed by atoms with Crippen LogP contribution in [-0.4, -0.2) is 25.7 Å². The Hall–Kier alpha value is -0.580. The molecule has 0 heterocycles. The van der Waals surface area contributed by atoms with Gasteiger partial charge in [0.2, 0.25) is 0 Å². The Morgan fingerprint density at radius 3 is 2.38 bits per heavy atom. The van der Waals surface area contributed by atoms with Gasteiger partial charge in [0.1, 0.15) is 6.61 Å². The van der Waals surface area contributed by atoms with E-state index in [1.165, 1.54) is 7.11 Å². The molecule has 2 nitrogen and oxygen atoms in total. The lowest BCUT2D eigenvalue weighted by molar-refractivity contribution is -0.136. The number of Topliss-reactive ketones (excluding diaryl/α,β-unsaturated/α-hetero) is 1. The lowest BCUT2D eigenvalue weighted by Crippen LogP contribution is -2.09. The number of ketones is 1. The molecule has 0 aliphatic carbocycles. The number of unbranched alkanes of at least 4 members (excludes halogenated alkanes) is 1. The fraction of sp³-hybridized carbons (Fsp3) is 0.875. The summed E-state index contributed by atoms with van der Waals surface area (Å²) in [4.78, 5) is 10.8. The highest BCUT2D eigenvalue weighted by molar-refractivity contribution is 5.79. The number of hydrogen-bond acceptors (Lipinski definition) is 2. The second-order valence-corrected chi connectivity index (χ2v) is 2.79. The molecule has 13 heavy (non-hydrogen) atoms. The molecule has 0 fully saturated rings. The third-order valence-corrected chi connectivity index (χ3v) is 1.47. The first-order valence-corrected chi connectivity index (χ1v) is 4.03. The van der Waals surface area contributed by atoms with E-state index < -0.39 is 12.6 Å². The summed E-state index contributed by atoms with van der Waals surface area (Å²) in [6, 6.07) is 0. The predicted octanol–water partition coefficient (Wildman–Crippen LogP) is 2.32. The lowest BCUT2D eigenvalue weighted by Gasteiger charge is -2.04. The third kappa shape index (κ3) is 9.33. The van der Waals surface area contributed by atoms with Crippen molar-refractivity contribution in [3.8, 4) is 0 Å². The van der Waals surface area contributed by atoms with E-state index in [2.05, 4.69) is 4.74 Å². The van der Waals surface area contributed by atoms with Gasteiger partial charge in [-0.15, -0.1) is 0 Å². The molecule has 78 valence electrons. The monoisotopic (exact) mass is 198 g/mol. The second kappa shape index (κ2) is 5.96. The van der Waals surface area contributed by atoms with Gasteiger partial charge in [0.05, 0.1) is 0 Å². The van der Waals surface area contributed by atoms with Crippen molar-refractivity contribution in [3.05, 3.63) is 0 Å². The maximum Gasteiger partial charge on any atom is 0.389 e. The molecule has 0 atom stereocenters. The van der Waals surface area contributed by atoms with Crippen molar-refractivity contribution in [2.45, 2.75) is 31.9 Å². The Bertz CT molecular complexity index is 154. The molecule has 0 amide bonds. The third-order valence-electron chi connectivity index (χ3n) is 1.47. The van der Waals surface area contributed by atoms with Crippen molar-refractivity contribution < 1.29 is 22.7 Å². The van der Waals surface area contributed by atoms with Crippen molar-refractivity contribution >= 4 is 5.78 Å². The van der Waals surface area contributed by atoms with Crippen LogP contribution in [0.5, 0.6) is 0 Å². The largest absolute Gasteiger partial charge is 0.389 e. The van der Waals surface area contributed by atoms with E-state index in [4.69, 9.17) is 0 Å². The highest BCUT2D eigenvalue weighted by Gasteiger charge is 2.25. The molecule has 0 aliphatic heterocycles. The molecule has 0 saturated heterocycles. The van der Waals surface area contributed by atoms with Crippen LogP contribution in [0.4, 0.5) is 13.2 Å². The molecule has 0 aromatic heterocycles. The number of ether oxygens (including phenoxy) is 1. The summed E-state index contributed by atoms with van der Waals surface area (Å²) in [5, 5.41) is 0. The van der Waals surface area contributed by atoms with Crippen LogP contribution in [0.1, 0.15) is 25.7 Å². The number of carbonyl (C=O) groups is 1. The van der Waals surface area contributed by atoms with Gasteiger partial charge >= 0.3 is 6.18 Å². The number of carbonyl (C=O) groups excluding carboxylic acids is 1. The zero-order valence-electron chi connectivity index (χ0n) is 7.49. The summed E-state index contributed by atoms with van der Waals surface area (Å²) in [7, 11) is 1.38. The van der Waals surface area contributed by atoms with Crippen molar-refractivity contribution in [1.82, 2.24) is 0 Å². The van der Waals surface area contributed by atoms with Crippen LogP contribution in [-0.2, 0) is 9.53 Å². The Morgan fingerprint density at radius 2 is 1.92 bits per heavy atom. The molecule has 0 aromatic rings. The van der Waals surface area contributed by atoms with Gasteiger partial charge in [0.25, 0.3) is 0 Å². The van der Waals surface area contributed by atoms with Crippen molar-refractivity contribution in [2.75, 3.05) is 13.7 Å². The summed E-state index contributed by atoms with van der Waals surface area (Å²) in [5.74, 6) is -0.148. The number of methoxy groups -OCH3 is 1. The molecule has 0 saturated carbocycles. The van der Waals surface area contributed by atoms with Crippen LogP contribution in [0, 0.1) is 0 Å². The minimum Gasteiger partial charge on any atom is -0.377 e. The summed E-state index contributed by atoms with van der Waals surface area (Å²) in [6.07, 6.45) is -4.46. The molecule has 0 bridgehead atoms. The van der Waals surface area contributed by atoms with Gasteiger partial charge < -0.3 is 4.74 Å². The van der Waals surface area contributed by atoms with E-state index in [1.54, 1.807) is 0 Å². The fourth-order valence-corrected chi connectivity index (χ4v) is 0.881. The van der Waals surface area contributed by atoms with Crippen LogP contribution in [0.2, 0.25) is 0 Å². The van der Waals surface area contributed by atoms with Gasteiger partial charge in [0.15, 0.2) is 5.78 Å². The summed E-state index contributed by atoms with van der Waals surface area (Å²) in [5.41, 5.74) is 0. The molecule has 5 heteroatoms. The van der Waals surface area contributed by atoms with Gasteiger partial charge in [-0.3, -0.25) is 4.79 Å². The Kier molecular flexibility index (Phi) is 5.70. The van der Waals surface area contributed by atoms with Crippen LogP contribution in [0.25, 0.3) is 0 Å². The first-order valence-electron chi connectivity index (χ1n) is 4.03. The number of alkyl halides is 3. The van der Waals surface area contributed by atoms with Crippen molar-refractivity contribution in [1.29, 1.82) is 0 Å². The zero-order chi connectivity index (χ0) is 10.3. The highest BCUT2D eigenvalue weighted by Crippen LogP contribution is 2.22. The Balaban J connectivity index is 3.31. The number of rotatable bonds is 6. The SMILES string of the molecule is COCC(=O)CCCCC(F)(F)F. The smallest absolute Gasteiger partial charge is 0.377 e. The molecule has 0 unspecified atom stereocenters. The van der Waals surface area contributed by atoms with Gasteiger partial charge in [-0.25, -0.2) is 0 Å². The normalized spacial score (nSPS) is 11.7. The van der Waals surface area contributed by atoms with Crippen molar-refractivity contribution in [3.63, 3.8) is 0 Å². The standard InChI is InChI=1S/C8H13F3O2/c1-13-6-7(12)4-2-3-5-8(9,10)11/h2-6H2,1H3. The van der Waals surface area contributed by atoms with Crippen molar-refractivity contribution in [2.24, 2.45) is 0 Å². The molecule has 0 spiro atoms. The fourth-order valence-electron chi connectivity index (χ4n) is 0.881. The van der Waals surface area contributed by atoms with E-state index in [0.29, 0.717) is 0 Å². The van der Waals surface area contributed by atoms with Gasteiger partial charge in [-0.1, -0.05) is 0 Å². The zero-order valence-corrected chi connectivity index (χ0v) is 7.49. The van der Waals surface area contributed by atoms with Gasteiger partial charge in [-0.05, 0) is 12.8 Å². The molecule has 0 radical (unpaired) electrons. The average molecular weight is 198 g/mol. The van der Waals surface area contributed by atoms with E-state index in [9.17, 15) is 18.0 Å². The van der Waals surface area contributed by atoms with E-state index in [0.717, 1.165) is 0 Å². The predicted molar refractivity (Wildman–Crippen MR) is 41.4 cm³/mol. The quantitative estimate of drug-likeness (QED) is 0.612. The van der Waals surface area contributed by atoms with Gasteiger partial charge in [0, 0.05) is 20.0 Å². The van der Waals surface area contributed by atoms with Crippen LogP contribution in [0.3, 0.4) is 0 Å². The summed E-state index contributed by atoms with van der Waals surface area (Å²) in [6.45, 7) is -0.00792. The van der Waals surface area contributed by atoms with Gasteiger partial charge in [-0.2, -0.15) is 13.2 Å². The minimum absolute atomic E-state index is 0.00792. The maximum atomic E-state index is 11.6. The summed E-state index contributed by atoms with van der Waals surface area (Å²) >= 11 is 0. The minimum atomic E-state index is -4.11. The first kappa shape index (κ1) is 12.4. The highest BCUT2D eigenvalue weighted by atomic mass is 19.4. The second-order valence-electron chi connectivity index (χ2n) is 2.79. The maximum absolute atomic E-state index is 11.6. The molecule has 0 N–H and O–H groups in total. The van der Waals surface area contributed by atoms with E-state index in [-0.39, 0.29) is 31.7 Å². The molecule has 0 rings (SSSR count). The summed E-state index contributed by atoms with van der Waals surface area (Å²) < 4.78 is 39.4. The lowest BCUT2D eigenvalue weighted by atomic mass is 10.1. The Labute approximate surface area is 75.1 Å².